The number of urea groups is 1. The van der Waals surface area contributed by atoms with E-state index in [4.69, 9.17) is 16.7 Å². The van der Waals surface area contributed by atoms with Crippen molar-refractivity contribution < 1.29 is 14.7 Å². The van der Waals surface area contributed by atoms with Crippen molar-refractivity contribution in [2.24, 2.45) is 5.92 Å². The van der Waals surface area contributed by atoms with Crippen LogP contribution in [-0.4, -0.2) is 35.1 Å². The Hall–Kier alpha value is -1.75. The number of halogens is 1. The normalized spacial score (nSPS) is 12.1. The number of carbonyl (C=O) groups is 2. The molecule has 0 aliphatic heterocycles. The largest absolute Gasteiger partial charge is 0.480 e. The van der Waals surface area contributed by atoms with E-state index in [0.29, 0.717) is 11.6 Å². The standard InChI is InChI=1S/C14H19ClN2O3/c1-9(2)12(13(18)19)16-14(20)17(3)8-10-6-4-5-7-11(10)15/h4-7,9,12H,8H2,1-3H3,(H,16,20)(H,18,19)/t12-/m0/s1. The summed E-state index contributed by atoms with van der Waals surface area (Å²) in [5.41, 5.74) is 0.809. The van der Waals surface area contributed by atoms with Gasteiger partial charge >= 0.3 is 12.0 Å². The molecule has 0 unspecified atom stereocenters. The van der Waals surface area contributed by atoms with Gasteiger partial charge in [0.25, 0.3) is 0 Å². The molecular formula is C14H19ClN2O3. The summed E-state index contributed by atoms with van der Waals surface area (Å²) in [5.74, 6) is -1.23. The molecule has 0 saturated heterocycles. The van der Waals surface area contributed by atoms with Gasteiger partial charge in [-0.05, 0) is 17.5 Å². The molecule has 0 aromatic heterocycles. The van der Waals surface area contributed by atoms with E-state index in [2.05, 4.69) is 5.32 Å². The number of nitrogens with zero attached hydrogens (tertiary/aromatic N) is 1. The molecule has 0 spiro atoms. The fourth-order valence-electron chi connectivity index (χ4n) is 1.71. The number of benzene rings is 1. The van der Waals surface area contributed by atoms with Crippen LogP contribution in [0.2, 0.25) is 5.02 Å². The molecule has 1 aromatic rings. The average Bonchev–Trinajstić information content (AvgIpc) is 2.37. The van der Waals surface area contributed by atoms with Gasteiger partial charge in [-0.2, -0.15) is 0 Å². The zero-order valence-corrected chi connectivity index (χ0v) is 12.5. The van der Waals surface area contributed by atoms with Gasteiger partial charge in [-0.1, -0.05) is 43.6 Å². The molecule has 5 nitrogen and oxygen atoms in total. The minimum atomic E-state index is -1.04. The monoisotopic (exact) mass is 298 g/mol. The topological polar surface area (TPSA) is 69.6 Å². The molecular weight excluding hydrogens is 280 g/mol. The Bertz CT molecular complexity index is 491. The second-order valence-electron chi connectivity index (χ2n) is 4.96. The van der Waals surface area contributed by atoms with E-state index >= 15 is 0 Å². The predicted molar refractivity (Wildman–Crippen MR) is 77.7 cm³/mol. The summed E-state index contributed by atoms with van der Waals surface area (Å²) in [6.07, 6.45) is 0. The van der Waals surface area contributed by atoms with Gasteiger partial charge in [0.1, 0.15) is 6.04 Å². The SMILES string of the molecule is CC(C)[C@H](NC(=O)N(C)Cc1ccccc1Cl)C(=O)O. The molecule has 1 rings (SSSR count). The summed E-state index contributed by atoms with van der Waals surface area (Å²) < 4.78 is 0. The third kappa shape index (κ3) is 4.42. The molecule has 0 aliphatic carbocycles. The van der Waals surface area contributed by atoms with Gasteiger partial charge in [-0.3, -0.25) is 0 Å². The average molecular weight is 299 g/mol. The molecule has 0 bridgehead atoms. The van der Waals surface area contributed by atoms with Crippen LogP contribution in [0, 0.1) is 5.92 Å². The van der Waals surface area contributed by atoms with Crippen LogP contribution in [0.4, 0.5) is 4.79 Å². The number of carboxylic acid groups (broad SMARTS) is 1. The molecule has 1 atom stereocenters. The van der Waals surface area contributed by atoms with E-state index in [1.54, 1.807) is 27.0 Å². The van der Waals surface area contributed by atoms with Crippen molar-refractivity contribution >= 4 is 23.6 Å². The van der Waals surface area contributed by atoms with Crippen LogP contribution in [0.1, 0.15) is 19.4 Å². The van der Waals surface area contributed by atoms with Crippen molar-refractivity contribution in [1.82, 2.24) is 10.2 Å². The molecule has 6 heteroatoms. The first-order valence-corrected chi connectivity index (χ1v) is 6.68. The Kier molecular flexibility index (Phi) is 5.82. The van der Waals surface area contributed by atoms with E-state index < -0.39 is 18.0 Å². The van der Waals surface area contributed by atoms with Crippen molar-refractivity contribution in [3.8, 4) is 0 Å². The van der Waals surface area contributed by atoms with E-state index in [-0.39, 0.29) is 5.92 Å². The lowest BCUT2D eigenvalue weighted by atomic mass is 10.1. The van der Waals surface area contributed by atoms with Crippen LogP contribution >= 0.6 is 11.6 Å². The van der Waals surface area contributed by atoms with Crippen LogP contribution in [0.5, 0.6) is 0 Å². The lowest BCUT2D eigenvalue weighted by Crippen LogP contribution is -2.48. The summed E-state index contributed by atoms with van der Waals surface area (Å²) in [4.78, 5) is 24.4. The number of amides is 2. The Balaban J connectivity index is 2.68. The first kappa shape index (κ1) is 16.3. The van der Waals surface area contributed by atoms with Gasteiger partial charge in [0, 0.05) is 18.6 Å². The highest BCUT2D eigenvalue weighted by Gasteiger charge is 2.24. The molecule has 0 fully saturated rings. The zero-order chi connectivity index (χ0) is 15.3. The Morgan fingerprint density at radius 3 is 2.45 bits per heavy atom. The number of rotatable bonds is 5. The van der Waals surface area contributed by atoms with Crippen LogP contribution < -0.4 is 5.32 Å². The highest BCUT2D eigenvalue weighted by Crippen LogP contribution is 2.16. The van der Waals surface area contributed by atoms with Crippen molar-refractivity contribution in [2.75, 3.05) is 7.05 Å². The lowest BCUT2D eigenvalue weighted by molar-refractivity contribution is -0.140. The Morgan fingerprint density at radius 2 is 1.95 bits per heavy atom. The van der Waals surface area contributed by atoms with Crippen molar-refractivity contribution in [3.05, 3.63) is 34.9 Å². The Labute approximate surface area is 123 Å². The number of aliphatic carboxylic acids is 1. The number of carboxylic acids is 1. The van der Waals surface area contributed by atoms with E-state index in [1.807, 2.05) is 18.2 Å². The predicted octanol–water partition coefficient (Wildman–Crippen LogP) is 2.59. The molecule has 0 heterocycles. The van der Waals surface area contributed by atoms with Crippen LogP contribution in [0.25, 0.3) is 0 Å². The van der Waals surface area contributed by atoms with Crippen LogP contribution in [0.15, 0.2) is 24.3 Å². The van der Waals surface area contributed by atoms with Gasteiger partial charge in [-0.15, -0.1) is 0 Å². The van der Waals surface area contributed by atoms with Crippen LogP contribution in [0.3, 0.4) is 0 Å². The molecule has 110 valence electrons. The molecule has 2 amide bonds. The summed E-state index contributed by atoms with van der Waals surface area (Å²) in [7, 11) is 1.60. The maximum Gasteiger partial charge on any atom is 0.326 e. The van der Waals surface area contributed by atoms with Gasteiger partial charge in [-0.25, -0.2) is 9.59 Å². The van der Waals surface area contributed by atoms with Gasteiger partial charge in [0.05, 0.1) is 0 Å². The molecule has 2 N–H and O–H groups in total. The fourth-order valence-corrected chi connectivity index (χ4v) is 1.91. The number of hydrogen-bond donors (Lipinski definition) is 2. The molecule has 0 aliphatic rings. The minimum Gasteiger partial charge on any atom is -0.480 e. The lowest BCUT2D eigenvalue weighted by Gasteiger charge is -2.23. The zero-order valence-electron chi connectivity index (χ0n) is 11.8. The fraction of sp³-hybridized carbons (Fsp3) is 0.429. The highest BCUT2D eigenvalue weighted by molar-refractivity contribution is 6.31. The number of nitrogens with one attached hydrogen (secondary N) is 1. The Morgan fingerprint density at radius 1 is 1.35 bits per heavy atom. The van der Waals surface area contributed by atoms with E-state index in [9.17, 15) is 9.59 Å². The van der Waals surface area contributed by atoms with Crippen molar-refractivity contribution in [3.63, 3.8) is 0 Å². The molecule has 0 radical (unpaired) electrons. The number of hydrogen-bond acceptors (Lipinski definition) is 2. The van der Waals surface area contributed by atoms with Gasteiger partial charge < -0.3 is 15.3 Å². The maximum atomic E-state index is 12.0. The van der Waals surface area contributed by atoms with Gasteiger partial charge in [0.2, 0.25) is 0 Å². The smallest absolute Gasteiger partial charge is 0.326 e. The third-order valence-electron chi connectivity index (χ3n) is 2.92. The first-order chi connectivity index (χ1) is 9.32. The molecule has 0 saturated carbocycles. The van der Waals surface area contributed by atoms with Crippen molar-refractivity contribution in [1.29, 1.82) is 0 Å². The number of carbonyl (C=O) groups excluding carboxylic acids is 1. The highest BCUT2D eigenvalue weighted by atomic mass is 35.5. The maximum absolute atomic E-state index is 12.0. The third-order valence-corrected chi connectivity index (χ3v) is 3.29. The molecule has 1 aromatic carbocycles. The summed E-state index contributed by atoms with van der Waals surface area (Å²) in [5, 5.41) is 12.1. The van der Waals surface area contributed by atoms with E-state index in [1.165, 1.54) is 4.90 Å². The second-order valence-corrected chi connectivity index (χ2v) is 5.36. The summed E-state index contributed by atoms with van der Waals surface area (Å²) >= 11 is 6.03. The van der Waals surface area contributed by atoms with Gasteiger partial charge in [0.15, 0.2) is 0 Å². The van der Waals surface area contributed by atoms with E-state index in [0.717, 1.165) is 5.56 Å². The second kappa shape index (κ2) is 7.14. The first-order valence-electron chi connectivity index (χ1n) is 6.30. The van der Waals surface area contributed by atoms with Crippen LogP contribution in [-0.2, 0) is 11.3 Å². The summed E-state index contributed by atoms with van der Waals surface area (Å²) in [6.45, 7) is 3.80. The quantitative estimate of drug-likeness (QED) is 0.878. The summed E-state index contributed by atoms with van der Waals surface area (Å²) in [6, 6.07) is 5.87. The minimum absolute atomic E-state index is 0.190. The molecule has 20 heavy (non-hydrogen) atoms. The van der Waals surface area contributed by atoms with Crippen molar-refractivity contribution in [2.45, 2.75) is 26.4 Å².